The van der Waals surface area contributed by atoms with E-state index in [1.54, 1.807) is 31.2 Å². The van der Waals surface area contributed by atoms with Gasteiger partial charge in [-0.05, 0) is 31.2 Å². The van der Waals surface area contributed by atoms with E-state index in [0.29, 0.717) is 10.0 Å². The number of benzene rings is 2. The third-order valence-corrected chi connectivity index (χ3v) is 3.33. The molecule has 0 saturated carbocycles. The van der Waals surface area contributed by atoms with Crippen LogP contribution in [0.4, 0.5) is 8.78 Å². The monoisotopic (exact) mass is 341 g/mol. The molecule has 2 nitrogen and oxygen atoms in total. The molecule has 2 aromatic rings. The van der Waals surface area contributed by atoms with E-state index >= 15 is 0 Å². The second-order valence-electron chi connectivity index (χ2n) is 4.49. The lowest BCUT2D eigenvalue weighted by molar-refractivity contribution is 0.168. The van der Waals surface area contributed by atoms with E-state index in [1.165, 1.54) is 18.2 Å². The lowest BCUT2D eigenvalue weighted by Crippen LogP contribution is -2.30. The maximum Gasteiger partial charge on any atom is 0.166 e. The Balaban J connectivity index is 2.33. The molecule has 20 heavy (non-hydrogen) atoms. The summed E-state index contributed by atoms with van der Waals surface area (Å²) >= 11 is 3.17. The SMILES string of the molecule is CC(N)C(Oc1ccc(Br)cc1F)c1ccccc1F. The zero-order valence-electron chi connectivity index (χ0n) is 10.8. The summed E-state index contributed by atoms with van der Waals surface area (Å²) in [6.45, 7) is 1.69. The van der Waals surface area contributed by atoms with Crippen molar-refractivity contribution in [2.24, 2.45) is 5.73 Å². The molecule has 2 N–H and O–H groups in total. The Hall–Kier alpha value is -1.46. The fourth-order valence-corrected chi connectivity index (χ4v) is 2.20. The van der Waals surface area contributed by atoms with E-state index in [1.807, 2.05) is 0 Å². The molecule has 0 heterocycles. The van der Waals surface area contributed by atoms with Crippen LogP contribution in [-0.2, 0) is 0 Å². The average molecular weight is 342 g/mol. The number of halogens is 3. The summed E-state index contributed by atoms with van der Waals surface area (Å²) in [5, 5.41) is 0. The quantitative estimate of drug-likeness (QED) is 0.904. The molecule has 0 aliphatic heterocycles. The topological polar surface area (TPSA) is 35.2 Å². The van der Waals surface area contributed by atoms with Crippen LogP contribution in [0.15, 0.2) is 46.9 Å². The van der Waals surface area contributed by atoms with Gasteiger partial charge in [-0.3, -0.25) is 0 Å². The first-order chi connectivity index (χ1) is 9.49. The van der Waals surface area contributed by atoms with Crippen LogP contribution >= 0.6 is 15.9 Å². The minimum atomic E-state index is -0.758. The normalized spacial score (nSPS) is 13.8. The molecular formula is C15H14BrF2NO. The molecule has 0 fully saturated rings. The zero-order valence-corrected chi connectivity index (χ0v) is 12.4. The van der Waals surface area contributed by atoms with E-state index in [-0.39, 0.29) is 5.75 Å². The summed E-state index contributed by atoms with van der Waals surface area (Å²) in [7, 11) is 0. The van der Waals surface area contributed by atoms with E-state index in [9.17, 15) is 8.78 Å². The Morgan fingerprint density at radius 3 is 2.40 bits per heavy atom. The highest BCUT2D eigenvalue weighted by atomic mass is 79.9. The molecule has 0 aromatic heterocycles. The van der Waals surface area contributed by atoms with Crippen molar-refractivity contribution in [1.82, 2.24) is 0 Å². The van der Waals surface area contributed by atoms with Crippen LogP contribution in [0.25, 0.3) is 0 Å². The Morgan fingerprint density at radius 2 is 1.80 bits per heavy atom. The molecule has 106 valence electrons. The molecule has 0 aliphatic rings. The van der Waals surface area contributed by atoms with E-state index in [4.69, 9.17) is 10.5 Å². The van der Waals surface area contributed by atoms with Gasteiger partial charge in [0.05, 0.1) is 0 Å². The average Bonchev–Trinajstić information content (AvgIpc) is 2.39. The number of hydrogen-bond donors (Lipinski definition) is 1. The van der Waals surface area contributed by atoms with E-state index < -0.39 is 23.8 Å². The first-order valence-electron chi connectivity index (χ1n) is 6.10. The lowest BCUT2D eigenvalue weighted by atomic mass is 10.0. The molecule has 2 aromatic carbocycles. The third-order valence-electron chi connectivity index (χ3n) is 2.84. The van der Waals surface area contributed by atoms with Gasteiger partial charge in [0.1, 0.15) is 11.9 Å². The number of rotatable bonds is 4. The summed E-state index contributed by atoms with van der Waals surface area (Å²) in [4.78, 5) is 0. The predicted octanol–water partition coefficient (Wildman–Crippen LogP) is 4.19. The molecule has 2 rings (SSSR count). The van der Waals surface area contributed by atoms with Crippen molar-refractivity contribution in [3.05, 3.63) is 64.1 Å². The molecule has 0 saturated heterocycles. The van der Waals surface area contributed by atoms with Gasteiger partial charge in [0.15, 0.2) is 11.6 Å². The van der Waals surface area contributed by atoms with Crippen LogP contribution < -0.4 is 10.5 Å². The molecule has 0 amide bonds. The van der Waals surface area contributed by atoms with Crippen LogP contribution in [0, 0.1) is 11.6 Å². The van der Waals surface area contributed by atoms with Gasteiger partial charge in [-0.15, -0.1) is 0 Å². The molecule has 0 radical (unpaired) electrons. The van der Waals surface area contributed by atoms with Crippen molar-refractivity contribution >= 4 is 15.9 Å². The molecule has 0 aliphatic carbocycles. The largest absolute Gasteiger partial charge is 0.481 e. The van der Waals surface area contributed by atoms with Gasteiger partial charge in [0, 0.05) is 16.1 Å². The highest BCUT2D eigenvalue weighted by molar-refractivity contribution is 9.10. The first-order valence-corrected chi connectivity index (χ1v) is 6.90. The second kappa shape index (κ2) is 6.33. The lowest BCUT2D eigenvalue weighted by Gasteiger charge is -2.23. The van der Waals surface area contributed by atoms with Gasteiger partial charge >= 0.3 is 0 Å². The minimum absolute atomic E-state index is 0.0405. The van der Waals surface area contributed by atoms with Gasteiger partial charge < -0.3 is 10.5 Å². The van der Waals surface area contributed by atoms with Crippen LogP contribution in [0.5, 0.6) is 5.75 Å². The Morgan fingerprint density at radius 1 is 1.10 bits per heavy atom. The van der Waals surface area contributed by atoms with Crippen molar-refractivity contribution in [3.63, 3.8) is 0 Å². The smallest absolute Gasteiger partial charge is 0.166 e. The number of ether oxygens (including phenoxy) is 1. The highest BCUT2D eigenvalue weighted by Gasteiger charge is 2.22. The van der Waals surface area contributed by atoms with Gasteiger partial charge in [-0.25, -0.2) is 8.78 Å². The van der Waals surface area contributed by atoms with Crippen molar-refractivity contribution in [2.75, 3.05) is 0 Å². The second-order valence-corrected chi connectivity index (χ2v) is 5.41. The van der Waals surface area contributed by atoms with E-state index in [2.05, 4.69) is 15.9 Å². The minimum Gasteiger partial charge on any atom is -0.481 e. The van der Waals surface area contributed by atoms with Crippen molar-refractivity contribution in [2.45, 2.75) is 19.1 Å². The summed E-state index contributed by atoms with van der Waals surface area (Å²) in [5.41, 5.74) is 6.15. The molecule has 2 unspecified atom stereocenters. The summed E-state index contributed by atoms with van der Waals surface area (Å²) in [6.07, 6.45) is -0.758. The highest BCUT2D eigenvalue weighted by Crippen LogP contribution is 2.29. The Bertz CT molecular complexity index is 604. The van der Waals surface area contributed by atoms with Crippen LogP contribution in [-0.4, -0.2) is 6.04 Å². The Labute approximate surface area is 124 Å². The van der Waals surface area contributed by atoms with E-state index in [0.717, 1.165) is 0 Å². The van der Waals surface area contributed by atoms with Gasteiger partial charge in [0.2, 0.25) is 0 Å². The standard InChI is InChI=1S/C15H14BrF2NO/c1-9(19)15(11-4-2-3-5-12(11)17)20-14-7-6-10(16)8-13(14)18/h2-9,15H,19H2,1H3. The van der Waals surface area contributed by atoms with Gasteiger partial charge in [-0.1, -0.05) is 34.1 Å². The molecule has 0 spiro atoms. The molecule has 0 bridgehead atoms. The van der Waals surface area contributed by atoms with Gasteiger partial charge in [-0.2, -0.15) is 0 Å². The van der Waals surface area contributed by atoms with Crippen molar-refractivity contribution < 1.29 is 13.5 Å². The van der Waals surface area contributed by atoms with Gasteiger partial charge in [0.25, 0.3) is 0 Å². The van der Waals surface area contributed by atoms with Crippen LogP contribution in [0.3, 0.4) is 0 Å². The first kappa shape index (κ1) is 14.9. The zero-order chi connectivity index (χ0) is 14.7. The van der Waals surface area contributed by atoms with Crippen LogP contribution in [0.2, 0.25) is 0 Å². The summed E-state index contributed by atoms with van der Waals surface area (Å²) in [5.74, 6) is -0.910. The summed E-state index contributed by atoms with van der Waals surface area (Å²) < 4.78 is 33.8. The molecular weight excluding hydrogens is 328 g/mol. The fourth-order valence-electron chi connectivity index (χ4n) is 1.87. The number of hydrogen-bond acceptors (Lipinski definition) is 2. The molecule has 5 heteroatoms. The molecule has 2 atom stereocenters. The van der Waals surface area contributed by atoms with Crippen molar-refractivity contribution in [3.8, 4) is 5.75 Å². The van der Waals surface area contributed by atoms with Crippen LogP contribution in [0.1, 0.15) is 18.6 Å². The van der Waals surface area contributed by atoms with Crippen molar-refractivity contribution in [1.29, 1.82) is 0 Å². The summed E-state index contributed by atoms with van der Waals surface area (Å²) in [6, 6.07) is 10.1. The third kappa shape index (κ3) is 3.35. The Kier molecular flexibility index (Phi) is 4.73. The maximum absolute atomic E-state index is 13.8. The predicted molar refractivity (Wildman–Crippen MR) is 77.5 cm³/mol. The fraction of sp³-hybridized carbons (Fsp3) is 0.200. The maximum atomic E-state index is 13.8. The number of nitrogens with two attached hydrogens (primary N) is 1.